The van der Waals surface area contributed by atoms with Crippen molar-refractivity contribution in [2.24, 2.45) is 0 Å². The molecule has 0 aliphatic heterocycles. The van der Waals surface area contributed by atoms with Crippen LogP contribution in [0, 0.1) is 18.3 Å². The molecule has 0 spiro atoms. The van der Waals surface area contributed by atoms with Crippen LogP contribution in [0.15, 0.2) is 97.6 Å². The molecule has 0 atom stereocenters. The lowest BCUT2D eigenvalue weighted by Crippen LogP contribution is -2.00. The Kier molecular flexibility index (Phi) is 10.2. The Morgan fingerprint density at radius 3 is 1.82 bits per heavy atom. The molecule has 12 heteroatoms. The molecule has 0 aliphatic carbocycles. The lowest BCUT2D eigenvalue weighted by Gasteiger charge is -2.13. The smallest absolute Gasteiger partial charge is 0.155 e. The Hall–Kier alpha value is -6.68. The van der Waals surface area contributed by atoms with Gasteiger partial charge < -0.3 is 25.4 Å². The number of pyridine rings is 4. The third-order valence-corrected chi connectivity index (χ3v) is 8.29. The fraction of sp³-hybridized carbons (Fsp3) is 0.128. The Balaban J connectivity index is 0.000000176. The van der Waals surface area contributed by atoms with Crippen molar-refractivity contribution in [1.29, 1.82) is 5.26 Å². The monoisotopic (exact) mass is 678 g/mol. The van der Waals surface area contributed by atoms with E-state index in [9.17, 15) is 15.5 Å². The van der Waals surface area contributed by atoms with Crippen molar-refractivity contribution in [1.82, 2.24) is 30.1 Å². The van der Waals surface area contributed by atoms with Gasteiger partial charge in [0.05, 0.1) is 66.7 Å². The van der Waals surface area contributed by atoms with Crippen LogP contribution in [0.5, 0.6) is 11.5 Å². The SMILES string of the molecule is COc1ccc(-c2nc(-c3cccnc3)cc(C)c2C#N)c(CO)c1.COc1ccc(-c2nc(-c3cccnc3)cc3[nH]nc(N)c23)c(CO)c1. The van der Waals surface area contributed by atoms with Crippen LogP contribution in [-0.2, 0) is 13.2 Å². The zero-order chi connectivity index (χ0) is 35.9. The van der Waals surface area contributed by atoms with E-state index in [1.54, 1.807) is 57.2 Å². The second-order valence-corrected chi connectivity index (χ2v) is 11.4. The number of hydrogen-bond donors (Lipinski definition) is 4. The molecule has 0 radical (unpaired) electrons. The normalized spacial score (nSPS) is 10.7. The van der Waals surface area contributed by atoms with Gasteiger partial charge >= 0.3 is 0 Å². The van der Waals surface area contributed by atoms with E-state index in [1.807, 2.05) is 61.5 Å². The lowest BCUT2D eigenvalue weighted by molar-refractivity contribution is 0.281. The van der Waals surface area contributed by atoms with Gasteiger partial charge in [-0.1, -0.05) is 0 Å². The van der Waals surface area contributed by atoms with E-state index in [-0.39, 0.29) is 13.2 Å². The molecular weight excluding hydrogens is 644 g/mol. The Morgan fingerprint density at radius 2 is 1.31 bits per heavy atom. The van der Waals surface area contributed by atoms with Gasteiger partial charge in [-0.3, -0.25) is 15.1 Å². The largest absolute Gasteiger partial charge is 0.497 e. The number of nitrogens with one attached hydrogen (secondary N) is 1. The lowest BCUT2D eigenvalue weighted by atomic mass is 9.96. The highest BCUT2D eigenvalue weighted by molar-refractivity contribution is 6.02. The number of aliphatic hydroxyl groups excluding tert-OH is 2. The number of benzene rings is 2. The van der Waals surface area contributed by atoms with Crippen LogP contribution < -0.4 is 15.2 Å². The standard InChI is InChI=1S/C20H17N3O2.C19H17N5O2/c1-13-8-19(14-4-3-7-22-11-14)23-20(18(13)10-21)17-6-5-16(25-2)9-15(17)12-24;1-26-13-4-5-14(12(7-13)10-25)18-17-16(23-24-19(17)20)8-15(22-18)11-3-2-6-21-9-11/h3-9,11,24H,12H2,1-2H3;2-9,25H,10H2,1H3,(H3,20,23,24). The number of hydrogen-bond acceptors (Lipinski definition) is 11. The Labute approximate surface area is 293 Å². The molecule has 12 nitrogen and oxygen atoms in total. The number of anilines is 1. The summed E-state index contributed by atoms with van der Waals surface area (Å²) in [5, 5.41) is 37.0. The molecule has 5 heterocycles. The van der Waals surface area contributed by atoms with E-state index in [4.69, 9.17) is 25.2 Å². The molecule has 5 aromatic heterocycles. The summed E-state index contributed by atoms with van der Waals surface area (Å²) >= 11 is 0. The van der Waals surface area contributed by atoms with E-state index >= 15 is 0 Å². The van der Waals surface area contributed by atoms with Crippen LogP contribution in [0.2, 0.25) is 0 Å². The van der Waals surface area contributed by atoms with E-state index in [2.05, 4.69) is 26.2 Å². The highest BCUT2D eigenvalue weighted by atomic mass is 16.5. The first-order valence-corrected chi connectivity index (χ1v) is 15.8. The van der Waals surface area contributed by atoms with Crippen molar-refractivity contribution in [3.05, 3.63) is 120 Å². The number of ether oxygens (including phenoxy) is 2. The summed E-state index contributed by atoms with van der Waals surface area (Å²) in [6.45, 7) is 1.56. The van der Waals surface area contributed by atoms with Crippen LogP contribution >= 0.6 is 0 Å². The third kappa shape index (κ3) is 7.06. The number of rotatable bonds is 8. The van der Waals surface area contributed by atoms with Crippen LogP contribution in [0.4, 0.5) is 5.82 Å². The first kappa shape index (κ1) is 34.2. The molecule has 0 fully saturated rings. The number of methoxy groups -OCH3 is 2. The summed E-state index contributed by atoms with van der Waals surface area (Å²) in [5.74, 6) is 1.67. The molecule has 2 aromatic carbocycles. The maximum atomic E-state index is 9.83. The topological polar surface area (TPSA) is 189 Å². The molecular formula is C39H34N8O4. The van der Waals surface area contributed by atoms with Gasteiger partial charge in [-0.25, -0.2) is 9.97 Å². The first-order valence-electron chi connectivity index (χ1n) is 15.8. The Morgan fingerprint density at radius 1 is 0.765 bits per heavy atom. The highest BCUT2D eigenvalue weighted by Crippen LogP contribution is 2.36. The van der Waals surface area contributed by atoms with Gasteiger partial charge in [-0.15, -0.1) is 0 Å². The molecule has 0 unspecified atom stereocenters. The maximum Gasteiger partial charge on any atom is 0.155 e. The summed E-state index contributed by atoms with van der Waals surface area (Å²) in [6, 6.07) is 24.4. The minimum absolute atomic E-state index is 0.148. The summed E-state index contributed by atoms with van der Waals surface area (Å²) < 4.78 is 10.5. The van der Waals surface area contributed by atoms with Crippen LogP contribution in [-0.4, -0.2) is 54.6 Å². The minimum atomic E-state index is -0.171. The fourth-order valence-electron chi connectivity index (χ4n) is 5.71. The molecule has 0 saturated carbocycles. The number of nitrogen functional groups attached to an aromatic ring is 1. The molecule has 5 N–H and O–H groups in total. The van der Waals surface area contributed by atoms with Crippen molar-refractivity contribution in [2.75, 3.05) is 20.0 Å². The first-order chi connectivity index (χ1) is 24.9. The number of aromatic nitrogens is 6. The van der Waals surface area contributed by atoms with Crippen molar-refractivity contribution in [2.45, 2.75) is 20.1 Å². The van der Waals surface area contributed by atoms with Crippen molar-refractivity contribution < 1.29 is 19.7 Å². The molecule has 51 heavy (non-hydrogen) atoms. The predicted molar refractivity (Wildman–Crippen MR) is 194 cm³/mol. The number of H-pyrrole nitrogens is 1. The van der Waals surface area contributed by atoms with Gasteiger partial charge in [0, 0.05) is 47.0 Å². The minimum Gasteiger partial charge on any atom is -0.497 e. The van der Waals surface area contributed by atoms with E-state index in [1.165, 1.54) is 0 Å². The quantitative estimate of drug-likeness (QED) is 0.142. The van der Waals surface area contributed by atoms with Gasteiger partial charge in [0.25, 0.3) is 0 Å². The molecule has 0 aliphatic rings. The van der Waals surface area contributed by atoms with Gasteiger partial charge in [0.15, 0.2) is 5.82 Å². The summed E-state index contributed by atoms with van der Waals surface area (Å²) in [6.07, 6.45) is 6.90. The number of nitriles is 1. The van der Waals surface area contributed by atoms with E-state index in [0.717, 1.165) is 44.5 Å². The second kappa shape index (κ2) is 15.3. The van der Waals surface area contributed by atoms with Crippen molar-refractivity contribution >= 4 is 16.7 Å². The van der Waals surface area contributed by atoms with Crippen molar-refractivity contribution in [3.8, 4) is 62.6 Å². The molecule has 0 saturated heterocycles. The maximum absolute atomic E-state index is 9.83. The number of aliphatic hydroxyl groups is 2. The van der Waals surface area contributed by atoms with Gasteiger partial charge in [-0.05, 0) is 96.4 Å². The second-order valence-electron chi connectivity index (χ2n) is 11.4. The molecule has 7 rings (SSSR count). The zero-order valence-electron chi connectivity index (χ0n) is 28.1. The van der Waals surface area contributed by atoms with Crippen LogP contribution in [0.3, 0.4) is 0 Å². The molecule has 0 amide bonds. The van der Waals surface area contributed by atoms with Crippen LogP contribution in [0.1, 0.15) is 22.3 Å². The molecule has 0 bridgehead atoms. The number of aromatic amines is 1. The summed E-state index contributed by atoms with van der Waals surface area (Å²) in [7, 11) is 3.16. The van der Waals surface area contributed by atoms with Gasteiger partial charge in [0.1, 0.15) is 17.6 Å². The van der Waals surface area contributed by atoms with Crippen LogP contribution in [0.25, 0.3) is 55.9 Å². The number of fused-ring (bicyclic) bond motifs is 1. The number of nitrogens with zero attached hydrogens (tertiary/aromatic N) is 6. The average molecular weight is 679 g/mol. The highest BCUT2D eigenvalue weighted by Gasteiger charge is 2.19. The van der Waals surface area contributed by atoms with E-state index in [0.29, 0.717) is 51.0 Å². The summed E-state index contributed by atoms with van der Waals surface area (Å²) in [4.78, 5) is 17.8. The molecule has 7 aromatic rings. The average Bonchev–Trinajstić information content (AvgIpc) is 3.57. The third-order valence-electron chi connectivity index (χ3n) is 8.29. The zero-order valence-corrected chi connectivity index (χ0v) is 28.1. The molecule has 254 valence electrons. The number of nitrogens with two attached hydrogens (primary N) is 1. The predicted octanol–water partition coefficient (Wildman–Crippen LogP) is 6.26. The van der Waals surface area contributed by atoms with E-state index < -0.39 is 0 Å². The number of aryl methyl sites for hydroxylation is 1. The fourth-order valence-corrected chi connectivity index (χ4v) is 5.71. The summed E-state index contributed by atoms with van der Waals surface area (Å²) in [5.41, 5.74) is 15.4. The van der Waals surface area contributed by atoms with Gasteiger partial charge in [0.2, 0.25) is 0 Å². The van der Waals surface area contributed by atoms with Gasteiger partial charge in [-0.2, -0.15) is 10.4 Å². The Bertz CT molecular complexity index is 2360. The van der Waals surface area contributed by atoms with Crippen molar-refractivity contribution in [3.63, 3.8) is 0 Å².